The Balaban J connectivity index is 1.76. The number of benzene rings is 1. The maximum absolute atomic E-state index is 12.3. The topological polar surface area (TPSA) is 64.7 Å². The highest BCUT2D eigenvalue weighted by atomic mass is 35.5. The maximum atomic E-state index is 12.3. The molecule has 1 amide bonds. The van der Waals surface area contributed by atoms with Crippen LogP contribution in [0.15, 0.2) is 30.6 Å². The van der Waals surface area contributed by atoms with Crippen molar-refractivity contribution in [2.45, 2.75) is 26.8 Å². The molecule has 3 rings (SSSR count). The Bertz CT molecular complexity index is 961. The van der Waals surface area contributed by atoms with E-state index >= 15 is 0 Å². The summed E-state index contributed by atoms with van der Waals surface area (Å²) in [4.78, 5) is 12.3. The zero-order valence-electron chi connectivity index (χ0n) is 14.8. The number of carbonyl (C=O) groups is 1. The van der Waals surface area contributed by atoms with Crippen molar-refractivity contribution in [1.29, 1.82) is 0 Å². The Kier molecular flexibility index (Phi) is 5.34. The maximum Gasteiger partial charge on any atom is 0.224 e. The van der Waals surface area contributed by atoms with Gasteiger partial charge in [-0.2, -0.15) is 10.2 Å². The third-order valence-corrected chi connectivity index (χ3v) is 4.70. The Morgan fingerprint density at radius 3 is 2.69 bits per heavy atom. The van der Waals surface area contributed by atoms with Crippen LogP contribution < -0.4 is 5.32 Å². The Morgan fingerprint density at radius 1 is 1.27 bits per heavy atom. The van der Waals surface area contributed by atoms with Gasteiger partial charge in [0.2, 0.25) is 5.91 Å². The lowest BCUT2D eigenvalue weighted by Gasteiger charge is -2.08. The van der Waals surface area contributed by atoms with Crippen molar-refractivity contribution in [3.05, 3.63) is 63.2 Å². The standard InChI is InChI=1S/C18H19Cl2N5O/c1-11-15(7-18(26)21-8-13-9-22-24(3)10-13)12(2)25(23-11)17-5-4-14(19)6-16(17)20/h4-6,9-10H,7-8H2,1-3H3,(H,21,26). The third kappa shape index (κ3) is 3.92. The second kappa shape index (κ2) is 7.51. The van der Waals surface area contributed by atoms with Crippen LogP contribution in [0.25, 0.3) is 5.69 Å². The number of hydrogen-bond acceptors (Lipinski definition) is 3. The molecule has 0 aliphatic carbocycles. The third-order valence-electron chi connectivity index (χ3n) is 4.16. The Hall–Kier alpha value is -2.31. The number of nitrogens with one attached hydrogen (secondary N) is 1. The second-order valence-electron chi connectivity index (χ2n) is 6.13. The molecule has 26 heavy (non-hydrogen) atoms. The quantitative estimate of drug-likeness (QED) is 0.724. The van der Waals surface area contributed by atoms with E-state index in [9.17, 15) is 4.79 Å². The van der Waals surface area contributed by atoms with Gasteiger partial charge in [-0.3, -0.25) is 9.48 Å². The van der Waals surface area contributed by atoms with Crippen molar-refractivity contribution in [1.82, 2.24) is 24.9 Å². The zero-order valence-corrected chi connectivity index (χ0v) is 16.3. The largest absolute Gasteiger partial charge is 0.352 e. The van der Waals surface area contributed by atoms with Gasteiger partial charge in [-0.15, -0.1) is 0 Å². The lowest BCUT2D eigenvalue weighted by molar-refractivity contribution is -0.120. The molecule has 0 spiro atoms. The molecular formula is C18H19Cl2N5O. The highest BCUT2D eigenvalue weighted by Gasteiger charge is 2.17. The molecule has 2 heterocycles. The number of hydrogen-bond donors (Lipinski definition) is 1. The number of nitrogens with zero attached hydrogens (tertiary/aromatic N) is 4. The predicted octanol–water partition coefficient (Wildman–Crippen LogP) is 3.39. The van der Waals surface area contributed by atoms with Gasteiger partial charge in [-0.05, 0) is 32.0 Å². The number of amides is 1. The van der Waals surface area contributed by atoms with Crippen molar-refractivity contribution in [2.75, 3.05) is 0 Å². The van der Waals surface area contributed by atoms with Gasteiger partial charge in [-0.1, -0.05) is 23.2 Å². The summed E-state index contributed by atoms with van der Waals surface area (Å²) in [5.74, 6) is -0.0678. The Labute approximate surface area is 161 Å². The molecule has 3 aromatic rings. The monoisotopic (exact) mass is 391 g/mol. The highest BCUT2D eigenvalue weighted by molar-refractivity contribution is 6.35. The second-order valence-corrected chi connectivity index (χ2v) is 6.98. The average molecular weight is 392 g/mol. The first-order valence-electron chi connectivity index (χ1n) is 8.10. The molecule has 0 radical (unpaired) electrons. The first-order chi connectivity index (χ1) is 12.3. The van der Waals surface area contributed by atoms with Gasteiger partial charge in [0.25, 0.3) is 0 Å². The summed E-state index contributed by atoms with van der Waals surface area (Å²) in [6.45, 7) is 4.26. The number of rotatable bonds is 5. The summed E-state index contributed by atoms with van der Waals surface area (Å²) in [7, 11) is 1.84. The van der Waals surface area contributed by atoms with Crippen LogP contribution in [0, 0.1) is 13.8 Å². The molecule has 6 nitrogen and oxygen atoms in total. The van der Waals surface area contributed by atoms with Crippen LogP contribution in [0.1, 0.15) is 22.5 Å². The molecule has 8 heteroatoms. The van der Waals surface area contributed by atoms with Crippen LogP contribution in [-0.4, -0.2) is 25.5 Å². The summed E-state index contributed by atoms with van der Waals surface area (Å²) in [6.07, 6.45) is 3.86. The van der Waals surface area contributed by atoms with Crippen LogP contribution in [0.3, 0.4) is 0 Å². The van der Waals surface area contributed by atoms with Crippen molar-refractivity contribution < 1.29 is 4.79 Å². The van der Waals surface area contributed by atoms with E-state index in [1.165, 1.54) is 0 Å². The number of aryl methyl sites for hydroxylation is 2. The van der Waals surface area contributed by atoms with Crippen LogP contribution in [-0.2, 0) is 24.8 Å². The van der Waals surface area contributed by atoms with E-state index in [1.54, 1.807) is 27.7 Å². The van der Waals surface area contributed by atoms with Crippen molar-refractivity contribution in [2.24, 2.45) is 7.05 Å². The van der Waals surface area contributed by atoms with Gasteiger partial charge in [0.05, 0.1) is 29.0 Å². The minimum atomic E-state index is -0.0678. The average Bonchev–Trinajstić information content (AvgIpc) is 3.11. The molecule has 0 aliphatic rings. The van der Waals surface area contributed by atoms with Gasteiger partial charge < -0.3 is 5.32 Å². The first kappa shape index (κ1) is 18.5. The van der Waals surface area contributed by atoms with Crippen LogP contribution in [0.4, 0.5) is 0 Å². The summed E-state index contributed by atoms with van der Waals surface area (Å²) >= 11 is 12.3. The van der Waals surface area contributed by atoms with Crippen LogP contribution in [0.2, 0.25) is 10.0 Å². The molecule has 136 valence electrons. The molecule has 0 unspecified atom stereocenters. The molecular weight excluding hydrogens is 373 g/mol. The fourth-order valence-electron chi connectivity index (χ4n) is 2.81. The molecule has 0 atom stereocenters. The molecule has 0 bridgehead atoms. The number of carbonyl (C=O) groups excluding carboxylic acids is 1. The van der Waals surface area contributed by atoms with Gasteiger partial charge in [-0.25, -0.2) is 4.68 Å². The smallest absolute Gasteiger partial charge is 0.224 e. The lowest BCUT2D eigenvalue weighted by Crippen LogP contribution is -2.24. The van der Waals surface area contributed by atoms with E-state index in [0.717, 1.165) is 28.2 Å². The summed E-state index contributed by atoms with van der Waals surface area (Å²) < 4.78 is 3.45. The molecule has 0 saturated carbocycles. The van der Waals surface area contributed by atoms with Crippen LogP contribution >= 0.6 is 23.2 Å². The summed E-state index contributed by atoms with van der Waals surface area (Å²) in [6, 6.07) is 5.25. The van der Waals surface area contributed by atoms with E-state index in [4.69, 9.17) is 23.2 Å². The van der Waals surface area contributed by atoms with E-state index in [0.29, 0.717) is 16.6 Å². The van der Waals surface area contributed by atoms with Gasteiger partial charge in [0, 0.05) is 41.6 Å². The molecule has 0 saturated heterocycles. The molecule has 0 aliphatic heterocycles. The number of halogens is 2. The van der Waals surface area contributed by atoms with E-state index < -0.39 is 0 Å². The Morgan fingerprint density at radius 2 is 2.04 bits per heavy atom. The van der Waals surface area contributed by atoms with Gasteiger partial charge >= 0.3 is 0 Å². The minimum absolute atomic E-state index is 0.0678. The summed E-state index contributed by atoms with van der Waals surface area (Å²) in [5, 5.41) is 12.6. The predicted molar refractivity (Wildman–Crippen MR) is 102 cm³/mol. The van der Waals surface area contributed by atoms with Crippen molar-refractivity contribution in [3.8, 4) is 5.69 Å². The summed E-state index contributed by atoms with van der Waals surface area (Å²) in [5.41, 5.74) is 4.25. The number of aromatic nitrogens is 4. The van der Waals surface area contributed by atoms with E-state index in [-0.39, 0.29) is 12.3 Å². The normalized spacial score (nSPS) is 11.0. The van der Waals surface area contributed by atoms with E-state index in [2.05, 4.69) is 15.5 Å². The van der Waals surface area contributed by atoms with Gasteiger partial charge in [0.15, 0.2) is 0 Å². The van der Waals surface area contributed by atoms with Crippen LogP contribution in [0.5, 0.6) is 0 Å². The molecule has 1 aromatic carbocycles. The molecule has 0 fully saturated rings. The lowest BCUT2D eigenvalue weighted by atomic mass is 10.1. The van der Waals surface area contributed by atoms with E-state index in [1.807, 2.05) is 33.2 Å². The molecule has 2 aromatic heterocycles. The first-order valence-corrected chi connectivity index (χ1v) is 8.85. The zero-order chi connectivity index (χ0) is 18.8. The SMILES string of the molecule is Cc1nn(-c2ccc(Cl)cc2Cl)c(C)c1CC(=O)NCc1cnn(C)c1. The highest BCUT2D eigenvalue weighted by Crippen LogP contribution is 2.27. The fourth-order valence-corrected chi connectivity index (χ4v) is 3.29. The van der Waals surface area contributed by atoms with Crippen molar-refractivity contribution in [3.63, 3.8) is 0 Å². The fraction of sp³-hybridized carbons (Fsp3) is 0.278. The molecule has 1 N–H and O–H groups in total. The van der Waals surface area contributed by atoms with Gasteiger partial charge in [0.1, 0.15) is 0 Å². The minimum Gasteiger partial charge on any atom is -0.352 e. The van der Waals surface area contributed by atoms with Crippen molar-refractivity contribution >= 4 is 29.1 Å².